The number of hydrogen-bond donors (Lipinski definition) is 1. The van der Waals surface area contributed by atoms with E-state index in [4.69, 9.17) is 4.74 Å². The maximum absolute atomic E-state index is 5.67. The van der Waals surface area contributed by atoms with Crippen LogP contribution in [0.5, 0.6) is 5.75 Å². The first kappa shape index (κ1) is 15.0. The minimum atomic E-state index is 0.524. The number of ether oxygens (including phenoxy) is 1. The minimum absolute atomic E-state index is 0.524. The molecule has 2 aromatic rings. The van der Waals surface area contributed by atoms with Crippen LogP contribution in [0.4, 0.5) is 5.82 Å². The first-order chi connectivity index (χ1) is 10.1. The van der Waals surface area contributed by atoms with Crippen LogP contribution >= 0.6 is 0 Å². The van der Waals surface area contributed by atoms with Crippen molar-refractivity contribution in [2.24, 2.45) is 11.0 Å². The summed E-state index contributed by atoms with van der Waals surface area (Å²) < 4.78 is 5.67. The highest BCUT2D eigenvalue weighted by atomic mass is 16.5. The molecule has 0 spiro atoms. The third kappa shape index (κ3) is 4.91. The molecule has 0 aliphatic heterocycles. The van der Waals surface area contributed by atoms with Gasteiger partial charge in [0.2, 0.25) is 0 Å². The molecule has 21 heavy (non-hydrogen) atoms. The summed E-state index contributed by atoms with van der Waals surface area (Å²) in [4.78, 5) is 4.16. The lowest BCUT2D eigenvalue weighted by molar-refractivity contribution is 0.271. The van der Waals surface area contributed by atoms with Gasteiger partial charge in [-0.2, -0.15) is 5.10 Å². The summed E-state index contributed by atoms with van der Waals surface area (Å²) >= 11 is 0. The molecule has 1 N–H and O–H groups in total. The molecule has 0 aliphatic rings. The summed E-state index contributed by atoms with van der Waals surface area (Å²) in [5.41, 5.74) is 4.89. The molecule has 1 aromatic heterocycles. The fourth-order valence-corrected chi connectivity index (χ4v) is 1.69. The first-order valence-electron chi connectivity index (χ1n) is 7.09. The highest BCUT2D eigenvalue weighted by Gasteiger charge is 2.00. The Hall–Kier alpha value is -2.36. The van der Waals surface area contributed by atoms with E-state index in [1.807, 2.05) is 49.4 Å². The van der Waals surface area contributed by atoms with E-state index in [0.717, 1.165) is 29.4 Å². The number of hydrogen-bond acceptors (Lipinski definition) is 4. The molecule has 2 rings (SSSR count). The normalized spacial score (nSPS) is 11.5. The van der Waals surface area contributed by atoms with Gasteiger partial charge in [-0.1, -0.05) is 19.9 Å². The first-order valence-corrected chi connectivity index (χ1v) is 7.09. The van der Waals surface area contributed by atoms with E-state index in [-0.39, 0.29) is 0 Å². The summed E-state index contributed by atoms with van der Waals surface area (Å²) in [5.74, 6) is 2.14. The number of aromatic nitrogens is 1. The molecule has 1 heterocycles. The van der Waals surface area contributed by atoms with Gasteiger partial charge in [0.05, 0.1) is 12.3 Å². The number of pyridine rings is 1. The zero-order valence-electron chi connectivity index (χ0n) is 12.7. The number of nitrogens with zero attached hydrogens (tertiary/aromatic N) is 2. The van der Waals surface area contributed by atoms with Gasteiger partial charge in [0.25, 0.3) is 0 Å². The van der Waals surface area contributed by atoms with Crippen molar-refractivity contribution in [3.63, 3.8) is 0 Å². The predicted octanol–water partition coefficient (Wildman–Crippen LogP) is 3.95. The second-order valence-electron chi connectivity index (χ2n) is 5.25. The van der Waals surface area contributed by atoms with Crippen molar-refractivity contribution in [2.75, 3.05) is 12.0 Å². The van der Waals surface area contributed by atoms with Gasteiger partial charge < -0.3 is 4.74 Å². The van der Waals surface area contributed by atoms with Crippen LogP contribution < -0.4 is 10.2 Å². The Morgan fingerprint density at radius 2 is 1.95 bits per heavy atom. The van der Waals surface area contributed by atoms with Crippen LogP contribution in [0.2, 0.25) is 0 Å². The largest absolute Gasteiger partial charge is 0.493 e. The Morgan fingerprint density at radius 1 is 1.19 bits per heavy atom. The quantitative estimate of drug-likeness (QED) is 0.645. The monoisotopic (exact) mass is 283 g/mol. The van der Waals surface area contributed by atoms with Gasteiger partial charge in [-0.25, -0.2) is 4.98 Å². The van der Waals surface area contributed by atoms with Gasteiger partial charge in [0, 0.05) is 6.20 Å². The molecule has 0 amide bonds. The Labute approximate surface area is 125 Å². The van der Waals surface area contributed by atoms with Crippen molar-refractivity contribution in [3.8, 4) is 5.75 Å². The van der Waals surface area contributed by atoms with Crippen LogP contribution in [0.1, 0.15) is 26.3 Å². The van der Waals surface area contributed by atoms with Crippen molar-refractivity contribution >= 4 is 11.5 Å². The van der Waals surface area contributed by atoms with Gasteiger partial charge >= 0.3 is 0 Å². The average Bonchev–Trinajstić information content (AvgIpc) is 2.52. The maximum atomic E-state index is 5.67. The summed E-state index contributed by atoms with van der Waals surface area (Å²) in [6.07, 6.45) is 1.73. The molecular formula is C17H21N3O. The summed E-state index contributed by atoms with van der Waals surface area (Å²) in [7, 11) is 0. The predicted molar refractivity (Wildman–Crippen MR) is 86.8 cm³/mol. The number of nitrogens with one attached hydrogen (secondary N) is 1. The minimum Gasteiger partial charge on any atom is -0.493 e. The molecule has 0 unspecified atom stereocenters. The second kappa shape index (κ2) is 7.43. The smallest absolute Gasteiger partial charge is 0.146 e. The molecule has 110 valence electrons. The van der Waals surface area contributed by atoms with Crippen molar-refractivity contribution in [1.82, 2.24) is 4.98 Å². The second-order valence-corrected chi connectivity index (χ2v) is 5.25. The lowest BCUT2D eigenvalue weighted by atomic mass is 10.1. The fourth-order valence-electron chi connectivity index (χ4n) is 1.69. The van der Waals surface area contributed by atoms with Crippen molar-refractivity contribution in [3.05, 3.63) is 54.2 Å². The van der Waals surface area contributed by atoms with Crippen molar-refractivity contribution in [1.29, 1.82) is 0 Å². The highest BCUT2D eigenvalue weighted by Crippen LogP contribution is 2.14. The Kier molecular flexibility index (Phi) is 5.32. The van der Waals surface area contributed by atoms with Crippen molar-refractivity contribution in [2.45, 2.75) is 20.8 Å². The van der Waals surface area contributed by atoms with E-state index in [0.29, 0.717) is 5.92 Å². The number of anilines is 1. The molecule has 0 saturated heterocycles. The Balaban J connectivity index is 1.97. The number of benzene rings is 1. The summed E-state index contributed by atoms with van der Waals surface area (Å²) in [6, 6.07) is 13.6. The summed E-state index contributed by atoms with van der Waals surface area (Å²) in [6.45, 7) is 6.95. The lowest BCUT2D eigenvalue weighted by Crippen LogP contribution is -2.05. The molecule has 4 heteroatoms. The van der Waals surface area contributed by atoms with Crippen molar-refractivity contribution < 1.29 is 4.74 Å². The van der Waals surface area contributed by atoms with E-state index >= 15 is 0 Å². The molecule has 0 atom stereocenters. The zero-order valence-corrected chi connectivity index (χ0v) is 12.7. The number of rotatable bonds is 6. The summed E-state index contributed by atoms with van der Waals surface area (Å²) in [5, 5.41) is 4.33. The SMILES string of the molecule is C/C(=N/Nc1ccccn1)c1ccc(OCC(C)C)cc1. The van der Waals surface area contributed by atoms with Gasteiger partial charge in [-0.15, -0.1) is 0 Å². The Bertz CT molecular complexity index is 577. The molecule has 0 bridgehead atoms. The fraction of sp³-hybridized carbons (Fsp3) is 0.294. The lowest BCUT2D eigenvalue weighted by Gasteiger charge is -2.09. The van der Waals surface area contributed by atoms with E-state index in [9.17, 15) is 0 Å². The number of hydrazone groups is 1. The van der Waals surface area contributed by atoms with Crippen LogP contribution in [-0.4, -0.2) is 17.3 Å². The van der Waals surface area contributed by atoms with Gasteiger partial charge in [0.15, 0.2) is 0 Å². The third-order valence-corrected chi connectivity index (χ3v) is 2.86. The van der Waals surface area contributed by atoms with Crippen LogP contribution in [0.25, 0.3) is 0 Å². The van der Waals surface area contributed by atoms with Gasteiger partial charge in [-0.05, 0) is 54.8 Å². The molecule has 0 saturated carbocycles. The third-order valence-electron chi connectivity index (χ3n) is 2.86. The molecular weight excluding hydrogens is 262 g/mol. The average molecular weight is 283 g/mol. The van der Waals surface area contributed by atoms with Gasteiger partial charge in [-0.3, -0.25) is 5.43 Å². The molecule has 1 aromatic carbocycles. The van der Waals surface area contributed by atoms with Crippen LogP contribution in [0.15, 0.2) is 53.8 Å². The Morgan fingerprint density at radius 3 is 2.57 bits per heavy atom. The molecule has 0 aliphatic carbocycles. The molecule has 0 fully saturated rings. The van der Waals surface area contributed by atoms with Crippen LogP contribution in [0, 0.1) is 5.92 Å². The van der Waals surface area contributed by atoms with Crippen LogP contribution in [-0.2, 0) is 0 Å². The molecule has 4 nitrogen and oxygen atoms in total. The van der Waals surface area contributed by atoms with E-state index in [1.165, 1.54) is 0 Å². The highest BCUT2D eigenvalue weighted by molar-refractivity contribution is 5.99. The van der Waals surface area contributed by atoms with E-state index < -0.39 is 0 Å². The van der Waals surface area contributed by atoms with E-state index in [2.05, 4.69) is 29.4 Å². The maximum Gasteiger partial charge on any atom is 0.146 e. The van der Waals surface area contributed by atoms with Gasteiger partial charge in [0.1, 0.15) is 11.6 Å². The van der Waals surface area contributed by atoms with E-state index in [1.54, 1.807) is 6.20 Å². The molecule has 0 radical (unpaired) electrons. The zero-order chi connectivity index (χ0) is 15.1. The topological polar surface area (TPSA) is 46.5 Å². The standard InChI is InChI=1S/C17H21N3O/c1-13(2)12-21-16-9-7-15(8-10-16)14(3)19-20-17-6-4-5-11-18-17/h4-11,13H,12H2,1-3H3,(H,18,20)/b19-14-. The van der Waals surface area contributed by atoms with Crippen LogP contribution in [0.3, 0.4) is 0 Å².